The van der Waals surface area contributed by atoms with E-state index in [4.69, 9.17) is 14.9 Å². The molecule has 0 aliphatic rings. The van der Waals surface area contributed by atoms with E-state index in [0.717, 1.165) is 30.1 Å². The van der Waals surface area contributed by atoms with Crippen molar-refractivity contribution in [2.45, 2.75) is 19.4 Å². The average molecular weight is 231 g/mol. The Hall–Kier alpha value is -1.74. The van der Waals surface area contributed by atoms with Crippen LogP contribution in [0.5, 0.6) is 5.75 Å². The predicted octanol–water partition coefficient (Wildman–Crippen LogP) is 3.12. The van der Waals surface area contributed by atoms with Gasteiger partial charge in [-0.15, -0.1) is 0 Å². The largest absolute Gasteiger partial charge is 0.494 e. The normalized spacial score (nSPS) is 12.4. The summed E-state index contributed by atoms with van der Waals surface area (Å²) in [4.78, 5) is 0. The monoisotopic (exact) mass is 231 g/mol. The summed E-state index contributed by atoms with van der Waals surface area (Å²) in [5.74, 6) is 1.61. The van der Waals surface area contributed by atoms with Gasteiger partial charge in [0.15, 0.2) is 0 Å². The molecule has 0 aliphatic carbocycles. The van der Waals surface area contributed by atoms with Gasteiger partial charge in [-0.1, -0.05) is 19.1 Å². The maximum atomic E-state index is 6.11. The molecule has 0 spiro atoms. The highest BCUT2D eigenvalue weighted by Crippen LogP contribution is 2.23. The Morgan fingerprint density at radius 3 is 2.88 bits per heavy atom. The van der Waals surface area contributed by atoms with E-state index in [-0.39, 0.29) is 6.04 Å². The van der Waals surface area contributed by atoms with Crippen LogP contribution in [0.2, 0.25) is 0 Å². The summed E-state index contributed by atoms with van der Waals surface area (Å²) in [5.41, 5.74) is 7.10. The van der Waals surface area contributed by atoms with Crippen LogP contribution in [0.4, 0.5) is 0 Å². The molecule has 0 saturated carbocycles. The summed E-state index contributed by atoms with van der Waals surface area (Å²) in [7, 11) is 0. The molecule has 0 bridgehead atoms. The zero-order chi connectivity index (χ0) is 12.1. The van der Waals surface area contributed by atoms with E-state index in [0.29, 0.717) is 0 Å². The Morgan fingerprint density at radius 2 is 2.18 bits per heavy atom. The lowest BCUT2D eigenvalue weighted by molar-refractivity contribution is 0.317. The van der Waals surface area contributed by atoms with Gasteiger partial charge in [-0.2, -0.15) is 0 Å². The number of hydrogen-bond acceptors (Lipinski definition) is 3. The van der Waals surface area contributed by atoms with Crippen LogP contribution in [0, 0.1) is 0 Å². The fourth-order valence-electron chi connectivity index (χ4n) is 1.65. The van der Waals surface area contributed by atoms with Crippen molar-refractivity contribution in [1.29, 1.82) is 0 Å². The van der Waals surface area contributed by atoms with Crippen molar-refractivity contribution in [2.75, 3.05) is 6.61 Å². The molecule has 1 heterocycles. The van der Waals surface area contributed by atoms with Gasteiger partial charge in [-0.25, -0.2) is 0 Å². The molecule has 0 saturated heterocycles. The Kier molecular flexibility index (Phi) is 3.83. The van der Waals surface area contributed by atoms with Crippen molar-refractivity contribution in [3.8, 4) is 5.75 Å². The van der Waals surface area contributed by atoms with E-state index < -0.39 is 0 Å². The molecule has 2 N–H and O–H groups in total. The maximum Gasteiger partial charge on any atom is 0.124 e. The average Bonchev–Trinajstić information content (AvgIpc) is 2.89. The van der Waals surface area contributed by atoms with Crippen molar-refractivity contribution in [3.05, 3.63) is 54.0 Å². The van der Waals surface area contributed by atoms with E-state index in [1.54, 1.807) is 6.26 Å². The first kappa shape index (κ1) is 11.7. The molecule has 0 fully saturated rings. The minimum absolute atomic E-state index is 0.241. The molecule has 1 aromatic heterocycles. The summed E-state index contributed by atoms with van der Waals surface area (Å²) in [6.07, 6.45) is 2.63. The van der Waals surface area contributed by atoms with Crippen molar-refractivity contribution >= 4 is 0 Å². The van der Waals surface area contributed by atoms with Gasteiger partial charge in [0.1, 0.15) is 11.5 Å². The Balaban J connectivity index is 2.15. The van der Waals surface area contributed by atoms with E-state index in [9.17, 15) is 0 Å². The summed E-state index contributed by atoms with van der Waals surface area (Å²) >= 11 is 0. The Bertz CT molecular complexity index is 451. The molecule has 2 rings (SSSR count). The Morgan fingerprint density at radius 1 is 1.29 bits per heavy atom. The minimum Gasteiger partial charge on any atom is -0.494 e. The van der Waals surface area contributed by atoms with Gasteiger partial charge in [-0.3, -0.25) is 0 Å². The summed E-state index contributed by atoms with van der Waals surface area (Å²) in [6, 6.07) is 11.3. The highest BCUT2D eigenvalue weighted by molar-refractivity contribution is 5.33. The lowest BCUT2D eigenvalue weighted by atomic mass is 10.1. The molecular weight excluding hydrogens is 214 g/mol. The molecule has 3 heteroatoms. The highest BCUT2D eigenvalue weighted by atomic mass is 16.5. The van der Waals surface area contributed by atoms with E-state index in [1.807, 2.05) is 36.4 Å². The maximum absolute atomic E-state index is 6.11. The molecule has 1 aromatic carbocycles. The molecular formula is C14H17NO2. The van der Waals surface area contributed by atoms with E-state index in [2.05, 4.69) is 6.92 Å². The summed E-state index contributed by atoms with van der Waals surface area (Å²) in [5, 5.41) is 0. The third-order valence-electron chi connectivity index (χ3n) is 2.54. The first-order valence-corrected chi connectivity index (χ1v) is 5.83. The molecule has 2 aromatic rings. The number of hydrogen-bond donors (Lipinski definition) is 1. The van der Waals surface area contributed by atoms with Crippen LogP contribution in [-0.2, 0) is 0 Å². The molecule has 0 amide bonds. The molecule has 90 valence electrons. The number of nitrogens with two attached hydrogens (primary N) is 1. The number of benzene rings is 1. The number of furan rings is 1. The second-order valence-corrected chi connectivity index (χ2v) is 3.91. The highest BCUT2D eigenvalue weighted by Gasteiger charge is 2.11. The number of ether oxygens (including phenoxy) is 1. The second-order valence-electron chi connectivity index (χ2n) is 3.91. The first-order chi connectivity index (χ1) is 8.31. The van der Waals surface area contributed by atoms with Crippen LogP contribution in [0.25, 0.3) is 0 Å². The third kappa shape index (κ3) is 2.88. The van der Waals surface area contributed by atoms with E-state index in [1.165, 1.54) is 0 Å². The van der Waals surface area contributed by atoms with Crippen LogP contribution in [0.1, 0.15) is 30.7 Å². The molecule has 1 atom stereocenters. The quantitative estimate of drug-likeness (QED) is 0.860. The second kappa shape index (κ2) is 5.55. The molecule has 3 nitrogen and oxygen atoms in total. The zero-order valence-corrected chi connectivity index (χ0v) is 9.93. The smallest absolute Gasteiger partial charge is 0.124 e. The zero-order valence-electron chi connectivity index (χ0n) is 9.93. The van der Waals surface area contributed by atoms with Gasteiger partial charge in [0.05, 0.1) is 18.9 Å². The van der Waals surface area contributed by atoms with Crippen LogP contribution in [0.3, 0.4) is 0 Å². The van der Waals surface area contributed by atoms with Crippen LogP contribution < -0.4 is 10.5 Å². The van der Waals surface area contributed by atoms with Crippen molar-refractivity contribution in [1.82, 2.24) is 0 Å². The molecule has 17 heavy (non-hydrogen) atoms. The van der Waals surface area contributed by atoms with Crippen molar-refractivity contribution in [2.24, 2.45) is 5.73 Å². The standard InChI is InChI=1S/C14H17NO2/c1-2-8-16-12-6-3-5-11(10-12)14(15)13-7-4-9-17-13/h3-7,9-10,14H,2,8,15H2,1H3. The molecule has 0 aliphatic heterocycles. The van der Waals surface area contributed by atoms with Crippen molar-refractivity contribution < 1.29 is 9.15 Å². The van der Waals surface area contributed by atoms with E-state index >= 15 is 0 Å². The van der Waals surface area contributed by atoms with Gasteiger partial charge in [0.25, 0.3) is 0 Å². The Labute approximate surface area is 101 Å². The lowest BCUT2D eigenvalue weighted by Gasteiger charge is -2.11. The van der Waals surface area contributed by atoms with Gasteiger partial charge in [-0.05, 0) is 36.2 Å². The van der Waals surface area contributed by atoms with Gasteiger partial charge >= 0.3 is 0 Å². The van der Waals surface area contributed by atoms with Crippen LogP contribution in [-0.4, -0.2) is 6.61 Å². The third-order valence-corrected chi connectivity index (χ3v) is 2.54. The SMILES string of the molecule is CCCOc1cccc(C(N)c2ccco2)c1. The molecule has 0 radical (unpaired) electrons. The molecule has 1 unspecified atom stereocenters. The van der Waals surface area contributed by atoms with Gasteiger partial charge in [0.2, 0.25) is 0 Å². The van der Waals surface area contributed by atoms with Crippen LogP contribution in [0.15, 0.2) is 47.1 Å². The van der Waals surface area contributed by atoms with Crippen molar-refractivity contribution in [3.63, 3.8) is 0 Å². The predicted molar refractivity (Wildman–Crippen MR) is 67.0 cm³/mol. The topological polar surface area (TPSA) is 48.4 Å². The minimum atomic E-state index is -0.241. The summed E-state index contributed by atoms with van der Waals surface area (Å²) < 4.78 is 10.9. The van der Waals surface area contributed by atoms with Gasteiger partial charge < -0.3 is 14.9 Å². The first-order valence-electron chi connectivity index (χ1n) is 5.83. The lowest BCUT2D eigenvalue weighted by Crippen LogP contribution is -2.11. The van der Waals surface area contributed by atoms with Crippen LogP contribution >= 0.6 is 0 Å². The fraction of sp³-hybridized carbons (Fsp3) is 0.286. The van der Waals surface area contributed by atoms with Gasteiger partial charge in [0, 0.05) is 0 Å². The fourth-order valence-corrected chi connectivity index (χ4v) is 1.65. The number of rotatable bonds is 5. The summed E-state index contributed by atoms with van der Waals surface area (Å²) in [6.45, 7) is 2.80.